The topological polar surface area (TPSA) is 129 Å². The molecule has 1 unspecified atom stereocenters. The fourth-order valence-electron chi connectivity index (χ4n) is 4.66. The van der Waals surface area contributed by atoms with Crippen LogP contribution in [0.25, 0.3) is 0 Å². The second-order valence-electron chi connectivity index (χ2n) is 9.80. The number of carbonyl (C=O) groups is 1. The Balaban J connectivity index is 1.61. The highest BCUT2D eigenvalue weighted by Gasteiger charge is 2.33. The van der Waals surface area contributed by atoms with Crippen LogP contribution < -0.4 is 5.32 Å². The lowest BCUT2D eigenvalue weighted by Gasteiger charge is -2.31. The highest BCUT2D eigenvalue weighted by Crippen LogP contribution is 2.22. The number of nitrogens with one attached hydrogen (secondary N) is 1. The Kier molecular flexibility index (Phi) is 9.82. The molecule has 0 radical (unpaired) electrons. The first-order valence-corrected chi connectivity index (χ1v) is 14.5. The van der Waals surface area contributed by atoms with Gasteiger partial charge in [-0.2, -0.15) is 4.31 Å². The Hall–Kier alpha value is -3.15. The van der Waals surface area contributed by atoms with E-state index in [0.29, 0.717) is 12.3 Å². The lowest BCUT2D eigenvalue weighted by Crippen LogP contribution is -2.51. The number of benzene rings is 2. The maximum Gasteiger partial charge on any atom is 0.251 e. The van der Waals surface area contributed by atoms with Crippen LogP contribution in [0.15, 0.2) is 77.8 Å². The molecular weight excluding hydrogens is 518 g/mol. The Labute approximate surface area is 229 Å². The minimum Gasteiger partial charge on any atom is -0.390 e. The number of pyridine rings is 1. The highest BCUT2D eigenvalue weighted by molar-refractivity contribution is 7.89. The zero-order valence-corrected chi connectivity index (χ0v) is 22.8. The van der Waals surface area contributed by atoms with E-state index in [0.717, 1.165) is 24.0 Å². The quantitative estimate of drug-likeness (QED) is 0.314. The minimum atomic E-state index is -3.96. The normalized spacial score (nSPS) is 17.2. The third-order valence-corrected chi connectivity index (χ3v) is 8.60. The lowest BCUT2D eigenvalue weighted by atomic mass is 10.0. The summed E-state index contributed by atoms with van der Waals surface area (Å²) >= 11 is 0. The summed E-state index contributed by atoms with van der Waals surface area (Å²) in [5.41, 5.74) is 2.31. The van der Waals surface area contributed by atoms with Gasteiger partial charge in [-0.25, -0.2) is 8.42 Å². The second kappa shape index (κ2) is 13.3. The Morgan fingerprint density at radius 2 is 1.95 bits per heavy atom. The Morgan fingerprint density at radius 1 is 1.15 bits per heavy atom. The number of hydrogen-bond donors (Lipinski definition) is 3. The molecule has 208 valence electrons. The van der Waals surface area contributed by atoms with Crippen molar-refractivity contribution in [3.05, 3.63) is 95.3 Å². The van der Waals surface area contributed by atoms with Gasteiger partial charge < -0.3 is 20.3 Å². The third kappa shape index (κ3) is 7.71. The molecule has 10 heteroatoms. The second-order valence-corrected chi connectivity index (χ2v) is 11.7. The molecule has 1 aliphatic heterocycles. The molecule has 3 atom stereocenters. The van der Waals surface area contributed by atoms with E-state index >= 15 is 0 Å². The molecule has 3 N–H and O–H groups in total. The van der Waals surface area contributed by atoms with Crippen LogP contribution in [0.2, 0.25) is 0 Å². The lowest BCUT2D eigenvalue weighted by molar-refractivity contribution is 0.0625. The van der Waals surface area contributed by atoms with Crippen molar-refractivity contribution in [3.63, 3.8) is 0 Å². The van der Waals surface area contributed by atoms with Gasteiger partial charge in [-0.05, 0) is 61.6 Å². The van der Waals surface area contributed by atoms with E-state index in [-0.39, 0.29) is 42.7 Å². The van der Waals surface area contributed by atoms with Gasteiger partial charge in [0.2, 0.25) is 10.0 Å². The van der Waals surface area contributed by atoms with Crippen molar-refractivity contribution in [1.82, 2.24) is 14.6 Å². The van der Waals surface area contributed by atoms with E-state index in [2.05, 4.69) is 10.3 Å². The molecule has 0 spiro atoms. The smallest absolute Gasteiger partial charge is 0.251 e. The van der Waals surface area contributed by atoms with Gasteiger partial charge in [-0.15, -0.1) is 0 Å². The first-order chi connectivity index (χ1) is 18.8. The monoisotopic (exact) mass is 553 g/mol. The third-order valence-electron chi connectivity index (χ3n) is 6.77. The number of amides is 1. The van der Waals surface area contributed by atoms with Crippen molar-refractivity contribution in [2.75, 3.05) is 19.7 Å². The summed E-state index contributed by atoms with van der Waals surface area (Å²) in [5, 5.41) is 23.7. The van der Waals surface area contributed by atoms with Crippen molar-refractivity contribution >= 4 is 15.9 Å². The van der Waals surface area contributed by atoms with Crippen molar-refractivity contribution in [2.45, 2.75) is 55.9 Å². The van der Waals surface area contributed by atoms with E-state index in [1.54, 1.807) is 18.2 Å². The molecule has 1 fully saturated rings. The molecule has 0 aliphatic carbocycles. The molecule has 9 nitrogen and oxygen atoms in total. The van der Waals surface area contributed by atoms with Gasteiger partial charge in [-0.1, -0.05) is 42.5 Å². The van der Waals surface area contributed by atoms with Crippen molar-refractivity contribution in [3.8, 4) is 0 Å². The standard InChI is InChI=1S/C29H35N3O6S/c1-21-7-5-11-26(15-21)39(36,37)32(18-25-10-6-14-38-25)19-28(34)27(16-22-8-3-2-4-9-22)31-29(35)23-12-13-30-24(17-23)20-33/h2-5,7-9,11-13,15,17,25,27-28,33-34H,6,10,14,16,18-20H2,1H3,(H,31,35)/t25?,27-,28+/m0/s1. The predicted molar refractivity (Wildman–Crippen MR) is 146 cm³/mol. The average Bonchev–Trinajstić information content (AvgIpc) is 3.46. The first kappa shape index (κ1) is 28.8. The van der Waals surface area contributed by atoms with E-state index in [1.165, 1.54) is 22.6 Å². The van der Waals surface area contributed by atoms with Gasteiger partial charge in [0.15, 0.2) is 0 Å². The number of sulfonamides is 1. The highest BCUT2D eigenvalue weighted by atomic mass is 32.2. The molecule has 39 heavy (non-hydrogen) atoms. The van der Waals surface area contributed by atoms with Crippen LogP contribution in [0.5, 0.6) is 0 Å². The fraction of sp³-hybridized carbons (Fsp3) is 0.379. The first-order valence-electron chi connectivity index (χ1n) is 13.0. The molecule has 2 aromatic carbocycles. The molecule has 4 rings (SSSR count). The van der Waals surface area contributed by atoms with Crippen molar-refractivity contribution in [1.29, 1.82) is 0 Å². The summed E-state index contributed by atoms with van der Waals surface area (Å²) in [6, 6.07) is 18.2. The van der Waals surface area contributed by atoms with E-state index in [9.17, 15) is 23.4 Å². The summed E-state index contributed by atoms with van der Waals surface area (Å²) in [6.07, 6.45) is 1.79. The zero-order valence-electron chi connectivity index (χ0n) is 21.9. The number of aromatic nitrogens is 1. The number of hydrogen-bond acceptors (Lipinski definition) is 7. The van der Waals surface area contributed by atoms with Crippen molar-refractivity contribution < 1.29 is 28.2 Å². The summed E-state index contributed by atoms with van der Waals surface area (Å²) in [4.78, 5) is 17.3. The minimum absolute atomic E-state index is 0.101. The number of ether oxygens (including phenoxy) is 1. The number of carbonyl (C=O) groups excluding carboxylic acids is 1. The maximum atomic E-state index is 13.7. The largest absolute Gasteiger partial charge is 0.390 e. The number of aliphatic hydroxyl groups excluding tert-OH is 2. The van der Waals surface area contributed by atoms with Gasteiger partial charge in [0.1, 0.15) is 0 Å². The molecule has 1 saturated heterocycles. The van der Waals surface area contributed by atoms with Crippen LogP contribution in [0.1, 0.15) is 40.0 Å². The average molecular weight is 554 g/mol. The fourth-order valence-corrected chi connectivity index (χ4v) is 6.25. The number of aliphatic hydroxyl groups is 2. The molecule has 1 amide bonds. The van der Waals surface area contributed by atoms with Crippen molar-refractivity contribution in [2.24, 2.45) is 0 Å². The van der Waals surface area contributed by atoms with Gasteiger partial charge >= 0.3 is 0 Å². The van der Waals surface area contributed by atoms with Crippen LogP contribution >= 0.6 is 0 Å². The summed E-state index contributed by atoms with van der Waals surface area (Å²) in [7, 11) is -3.96. The molecular formula is C29H35N3O6S. The van der Waals surface area contributed by atoms with Gasteiger partial charge in [-0.3, -0.25) is 9.78 Å². The molecule has 2 heterocycles. The van der Waals surface area contributed by atoms with Crippen LogP contribution in [0, 0.1) is 6.92 Å². The van der Waals surface area contributed by atoms with Gasteiger partial charge in [0.25, 0.3) is 5.91 Å². The van der Waals surface area contributed by atoms with E-state index < -0.39 is 28.1 Å². The molecule has 3 aromatic rings. The summed E-state index contributed by atoms with van der Waals surface area (Å²) < 4.78 is 34.5. The SMILES string of the molecule is Cc1cccc(S(=O)(=O)N(CC2CCCO2)C[C@@H](O)[C@H](Cc2ccccc2)NC(=O)c2ccnc(CO)c2)c1. The maximum absolute atomic E-state index is 13.7. The number of rotatable bonds is 12. The van der Waals surface area contributed by atoms with Crippen LogP contribution in [0.4, 0.5) is 0 Å². The summed E-state index contributed by atoms with van der Waals surface area (Å²) in [6.45, 7) is 1.95. The van der Waals surface area contributed by atoms with Crippen LogP contribution in [0.3, 0.4) is 0 Å². The number of nitrogens with zero attached hydrogens (tertiary/aromatic N) is 2. The summed E-state index contributed by atoms with van der Waals surface area (Å²) in [5.74, 6) is -0.459. The van der Waals surface area contributed by atoms with Gasteiger partial charge in [0, 0.05) is 31.5 Å². The molecule has 1 aromatic heterocycles. The van der Waals surface area contributed by atoms with E-state index in [4.69, 9.17) is 4.74 Å². The number of aryl methyl sites for hydroxylation is 1. The van der Waals surface area contributed by atoms with Crippen LogP contribution in [-0.4, -0.2) is 71.8 Å². The predicted octanol–water partition coefficient (Wildman–Crippen LogP) is 2.45. The molecule has 1 aliphatic rings. The zero-order chi connectivity index (χ0) is 27.8. The Morgan fingerprint density at radius 3 is 2.64 bits per heavy atom. The van der Waals surface area contributed by atoms with E-state index in [1.807, 2.05) is 43.3 Å². The van der Waals surface area contributed by atoms with Gasteiger partial charge in [0.05, 0.1) is 35.4 Å². The Bertz CT molecular complexity index is 1350. The molecule has 0 saturated carbocycles. The molecule has 0 bridgehead atoms. The van der Waals surface area contributed by atoms with Crippen LogP contribution in [-0.2, 0) is 27.8 Å².